The van der Waals surface area contributed by atoms with E-state index >= 15 is 0 Å². The Morgan fingerprint density at radius 1 is 1.30 bits per heavy atom. The first kappa shape index (κ1) is 25.3. The van der Waals surface area contributed by atoms with Crippen LogP contribution in [0.25, 0.3) is 10.6 Å². The van der Waals surface area contributed by atoms with Gasteiger partial charge in [-0.25, -0.2) is 9.78 Å². The van der Waals surface area contributed by atoms with Crippen molar-refractivity contribution in [1.29, 1.82) is 0 Å². The van der Waals surface area contributed by atoms with Crippen LogP contribution in [0.2, 0.25) is 4.34 Å². The van der Waals surface area contributed by atoms with Gasteiger partial charge in [0.05, 0.1) is 45.8 Å². The number of carbonyl (C=O) groups excluding carboxylic acids is 1. The Labute approximate surface area is 203 Å². The first-order valence-electron chi connectivity index (χ1n) is 11.2. The van der Waals surface area contributed by atoms with Crippen molar-refractivity contribution in [2.75, 3.05) is 13.7 Å². The van der Waals surface area contributed by atoms with Crippen LogP contribution in [-0.2, 0) is 16.1 Å². The average molecular weight is 495 g/mol. The van der Waals surface area contributed by atoms with Gasteiger partial charge in [0.1, 0.15) is 5.75 Å². The van der Waals surface area contributed by atoms with Crippen LogP contribution in [-0.4, -0.2) is 46.8 Å². The fourth-order valence-electron chi connectivity index (χ4n) is 3.97. The molecule has 0 bridgehead atoms. The van der Waals surface area contributed by atoms with Gasteiger partial charge in [0, 0.05) is 7.05 Å². The number of carboxylic acids is 1. The monoisotopic (exact) mass is 494 g/mol. The number of amides is 1. The van der Waals surface area contributed by atoms with Gasteiger partial charge < -0.3 is 19.5 Å². The Kier molecular flexibility index (Phi) is 8.59. The Balaban J connectivity index is 1.78. The van der Waals surface area contributed by atoms with Gasteiger partial charge in [-0.15, -0.1) is 11.3 Å². The second-order valence-corrected chi connectivity index (χ2v) is 10.1. The molecule has 0 unspecified atom stereocenters. The molecule has 2 aromatic heterocycles. The number of ether oxygens (including phenoxy) is 2. The summed E-state index contributed by atoms with van der Waals surface area (Å²) in [6, 6.07) is 3.77. The van der Waals surface area contributed by atoms with Gasteiger partial charge >= 0.3 is 12.1 Å². The van der Waals surface area contributed by atoms with Crippen LogP contribution in [0.1, 0.15) is 55.8 Å². The maximum absolute atomic E-state index is 12.2. The molecule has 180 valence electrons. The van der Waals surface area contributed by atoms with E-state index in [4.69, 9.17) is 26.1 Å². The number of aryl methyl sites for hydroxylation is 1. The molecule has 33 heavy (non-hydrogen) atoms. The molecule has 0 radical (unpaired) electrons. The number of aliphatic carboxylic acids is 1. The van der Waals surface area contributed by atoms with E-state index in [1.165, 1.54) is 16.2 Å². The Morgan fingerprint density at radius 2 is 2.06 bits per heavy atom. The molecule has 9 heteroatoms. The van der Waals surface area contributed by atoms with Gasteiger partial charge in [0.15, 0.2) is 0 Å². The van der Waals surface area contributed by atoms with Crippen molar-refractivity contribution in [2.24, 2.45) is 5.92 Å². The van der Waals surface area contributed by atoms with Crippen LogP contribution in [0.5, 0.6) is 5.75 Å². The quantitative estimate of drug-likeness (QED) is 0.478. The molecular weight excluding hydrogens is 464 g/mol. The van der Waals surface area contributed by atoms with E-state index in [2.05, 4.69) is 0 Å². The van der Waals surface area contributed by atoms with Gasteiger partial charge in [-0.1, -0.05) is 18.5 Å². The van der Waals surface area contributed by atoms with E-state index in [1.807, 2.05) is 32.9 Å². The van der Waals surface area contributed by atoms with Crippen molar-refractivity contribution >= 4 is 35.0 Å². The van der Waals surface area contributed by atoms with Crippen molar-refractivity contribution < 1.29 is 24.2 Å². The molecule has 1 aliphatic rings. The van der Waals surface area contributed by atoms with E-state index in [0.29, 0.717) is 36.1 Å². The van der Waals surface area contributed by atoms with Gasteiger partial charge in [-0.3, -0.25) is 4.79 Å². The van der Waals surface area contributed by atoms with E-state index < -0.39 is 5.97 Å². The largest absolute Gasteiger partial charge is 0.489 e. The maximum atomic E-state index is 12.2. The minimum absolute atomic E-state index is 0.122. The topological polar surface area (TPSA) is 89.0 Å². The minimum atomic E-state index is -0.755. The summed E-state index contributed by atoms with van der Waals surface area (Å²) in [7, 11) is 1.71. The summed E-state index contributed by atoms with van der Waals surface area (Å²) in [5.41, 5.74) is 3.36. The molecule has 0 aliphatic heterocycles. The van der Waals surface area contributed by atoms with Crippen LogP contribution in [0.4, 0.5) is 4.79 Å². The number of hydrogen-bond donors (Lipinski definition) is 1. The third-order valence-corrected chi connectivity index (χ3v) is 7.55. The van der Waals surface area contributed by atoms with E-state index in [0.717, 1.165) is 46.7 Å². The smallest absolute Gasteiger partial charge is 0.409 e. The zero-order valence-corrected chi connectivity index (χ0v) is 21.1. The third kappa shape index (κ3) is 6.18. The molecule has 1 amide bonds. The molecule has 0 spiro atoms. The lowest BCUT2D eigenvalue weighted by molar-refractivity contribution is -0.143. The first-order chi connectivity index (χ1) is 15.7. The zero-order valence-electron chi connectivity index (χ0n) is 19.5. The number of aromatic nitrogens is 1. The number of halogens is 1. The Bertz CT molecular complexity index is 1010. The highest BCUT2D eigenvalue weighted by atomic mass is 35.5. The van der Waals surface area contributed by atoms with Gasteiger partial charge in [0.25, 0.3) is 0 Å². The van der Waals surface area contributed by atoms with Crippen LogP contribution < -0.4 is 4.74 Å². The number of carboxylic acid groups (broad SMARTS) is 1. The average Bonchev–Trinajstić information content (AvgIpc) is 3.07. The molecule has 3 rings (SSSR count). The molecule has 1 saturated carbocycles. The highest BCUT2D eigenvalue weighted by molar-refractivity contribution is 7.19. The predicted octanol–water partition coefficient (Wildman–Crippen LogP) is 6.08. The van der Waals surface area contributed by atoms with Crippen molar-refractivity contribution in [3.05, 3.63) is 33.3 Å². The number of hydrogen-bond acceptors (Lipinski definition) is 6. The lowest BCUT2D eigenvalue weighted by Gasteiger charge is -2.27. The highest BCUT2D eigenvalue weighted by Gasteiger charge is 2.28. The molecule has 1 fully saturated rings. The second kappa shape index (κ2) is 11.2. The molecule has 2 atom stereocenters. The molecule has 2 aromatic rings. The number of thiophene rings is 1. The fourth-order valence-corrected chi connectivity index (χ4v) is 5.33. The summed E-state index contributed by atoms with van der Waals surface area (Å²) in [5.74, 6) is -0.443. The Hall–Kier alpha value is -2.32. The lowest BCUT2D eigenvalue weighted by Crippen LogP contribution is -2.29. The SMILES string of the molecule is CCCOC(=O)N(C)Cc1c(-c2ccc(O[C@H]3CCC[C@H](C(=O)O)C3)c(C)n2)sc(Cl)c1C. The van der Waals surface area contributed by atoms with Gasteiger partial charge in [-0.2, -0.15) is 0 Å². The Morgan fingerprint density at radius 3 is 2.73 bits per heavy atom. The summed E-state index contributed by atoms with van der Waals surface area (Å²) < 4.78 is 12.0. The van der Waals surface area contributed by atoms with Crippen LogP contribution in [0, 0.1) is 19.8 Å². The number of carbonyl (C=O) groups is 2. The number of rotatable bonds is 8. The van der Waals surface area contributed by atoms with Crippen molar-refractivity contribution in [2.45, 2.75) is 65.5 Å². The summed E-state index contributed by atoms with van der Waals surface area (Å²) >= 11 is 7.89. The van der Waals surface area contributed by atoms with Gasteiger partial charge in [0.2, 0.25) is 0 Å². The van der Waals surface area contributed by atoms with Crippen molar-refractivity contribution in [3.63, 3.8) is 0 Å². The third-order valence-electron chi connectivity index (χ3n) is 5.89. The first-order valence-corrected chi connectivity index (χ1v) is 12.4. The van der Waals surface area contributed by atoms with E-state index in [-0.39, 0.29) is 18.1 Å². The molecule has 1 aliphatic carbocycles. The summed E-state index contributed by atoms with van der Waals surface area (Å²) in [6.45, 7) is 6.52. The molecular formula is C24H31ClN2O5S. The molecule has 1 N–H and O–H groups in total. The van der Waals surface area contributed by atoms with E-state index in [1.54, 1.807) is 7.05 Å². The summed E-state index contributed by atoms with van der Waals surface area (Å²) in [4.78, 5) is 30.8. The van der Waals surface area contributed by atoms with Crippen molar-refractivity contribution in [1.82, 2.24) is 9.88 Å². The molecule has 0 saturated heterocycles. The van der Waals surface area contributed by atoms with Crippen LogP contribution in [0.3, 0.4) is 0 Å². The van der Waals surface area contributed by atoms with Crippen molar-refractivity contribution in [3.8, 4) is 16.3 Å². The molecule has 0 aromatic carbocycles. The predicted molar refractivity (Wildman–Crippen MR) is 129 cm³/mol. The maximum Gasteiger partial charge on any atom is 0.409 e. The molecule has 7 nitrogen and oxygen atoms in total. The standard InChI is InChI=1S/C24H31ClN2O5S/c1-5-11-31-24(30)27(4)13-18-14(2)22(25)33-21(18)19-9-10-20(15(3)26-19)32-17-8-6-7-16(12-17)23(28)29/h9-10,16-17H,5-8,11-13H2,1-4H3,(H,28,29)/t16-,17-/m0/s1. The highest BCUT2D eigenvalue weighted by Crippen LogP contribution is 2.40. The normalized spacial score (nSPS) is 18.1. The summed E-state index contributed by atoms with van der Waals surface area (Å²) in [5, 5.41) is 9.32. The van der Waals surface area contributed by atoms with Crippen LogP contribution in [0.15, 0.2) is 12.1 Å². The van der Waals surface area contributed by atoms with Gasteiger partial charge in [-0.05, 0) is 69.2 Å². The zero-order chi connectivity index (χ0) is 24.1. The van der Waals surface area contributed by atoms with Crippen LogP contribution >= 0.6 is 22.9 Å². The fraction of sp³-hybridized carbons (Fsp3) is 0.542. The number of nitrogens with zero attached hydrogens (tertiary/aromatic N) is 2. The van der Waals surface area contributed by atoms with E-state index in [9.17, 15) is 14.7 Å². The lowest BCUT2D eigenvalue weighted by atomic mass is 9.87. The molecule has 2 heterocycles. The summed E-state index contributed by atoms with van der Waals surface area (Å²) in [6.07, 6.45) is 3.18. The number of pyridine rings is 1. The second-order valence-electron chi connectivity index (χ2n) is 8.50. The minimum Gasteiger partial charge on any atom is -0.489 e.